The molecule has 4 nitrogen and oxygen atoms in total. The van der Waals surface area contributed by atoms with E-state index < -0.39 is 0 Å². The largest absolute Gasteiger partial charge is 0.293 e. The van der Waals surface area contributed by atoms with Crippen molar-refractivity contribution in [2.75, 3.05) is 0 Å². The molecule has 16 heavy (non-hydrogen) atoms. The van der Waals surface area contributed by atoms with E-state index in [1.807, 2.05) is 19.1 Å². The van der Waals surface area contributed by atoms with Crippen LogP contribution in [0.15, 0.2) is 23.0 Å². The predicted octanol–water partition coefficient (Wildman–Crippen LogP) is 1.44. The highest BCUT2D eigenvalue weighted by Crippen LogP contribution is 2.12. The van der Waals surface area contributed by atoms with E-state index in [4.69, 9.17) is 0 Å². The molecule has 2 rings (SSSR count). The van der Waals surface area contributed by atoms with E-state index in [1.165, 1.54) is 11.5 Å². The number of ketones is 1. The van der Waals surface area contributed by atoms with Gasteiger partial charge < -0.3 is 0 Å². The van der Waals surface area contributed by atoms with Gasteiger partial charge in [0.05, 0.1) is 10.9 Å². The van der Waals surface area contributed by atoms with Gasteiger partial charge in [-0.2, -0.15) is 0 Å². The molecule has 2 aromatic rings. The van der Waals surface area contributed by atoms with Gasteiger partial charge in [-0.1, -0.05) is 12.1 Å². The monoisotopic (exact) mass is 216 g/mol. The van der Waals surface area contributed by atoms with Crippen molar-refractivity contribution in [3.63, 3.8) is 0 Å². The van der Waals surface area contributed by atoms with Crippen LogP contribution in [0, 0.1) is 6.92 Å². The first-order valence-electron chi connectivity index (χ1n) is 4.99. The second kappa shape index (κ2) is 3.56. The number of hydrogen-bond acceptors (Lipinski definition) is 3. The summed E-state index contributed by atoms with van der Waals surface area (Å²) < 4.78 is 1.30. The Kier molecular flexibility index (Phi) is 2.34. The number of hydrogen-bond donors (Lipinski definition) is 0. The van der Waals surface area contributed by atoms with E-state index in [-0.39, 0.29) is 17.2 Å². The molecule has 0 fully saturated rings. The maximum atomic E-state index is 12.0. The van der Waals surface area contributed by atoms with Crippen molar-refractivity contribution >= 4 is 16.7 Å². The molecule has 0 atom stereocenters. The molecule has 1 aromatic heterocycles. The molecule has 82 valence electrons. The van der Waals surface area contributed by atoms with Crippen LogP contribution in [0.1, 0.15) is 23.1 Å². The molecule has 1 heterocycles. The molecule has 0 aliphatic carbocycles. The molecule has 0 amide bonds. The molecular weight excluding hydrogens is 204 g/mol. The van der Waals surface area contributed by atoms with Crippen molar-refractivity contribution in [2.45, 2.75) is 13.8 Å². The third kappa shape index (κ3) is 1.43. The lowest BCUT2D eigenvalue weighted by Crippen LogP contribution is -2.24. The predicted molar refractivity (Wildman–Crippen MR) is 61.7 cm³/mol. The number of benzene rings is 1. The van der Waals surface area contributed by atoms with E-state index >= 15 is 0 Å². The van der Waals surface area contributed by atoms with Crippen molar-refractivity contribution in [1.82, 2.24) is 9.55 Å². The molecule has 0 aliphatic rings. The van der Waals surface area contributed by atoms with Crippen LogP contribution in [0.4, 0.5) is 0 Å². The van der Waals surface area contributed by atoms with Crippen molar-refractivity contribution in [3.8, 4) is 0 Å². The van der Waals surface area contributed by atoms with E-state index in [0.717, 1.165) is 5.56 Å². The Morgan fingerprint density at radius 1 is 1.38 bits per heavy atom. The van der Waals surface area contributed by atoms with Crippen molar-refractivity contribution in [2.24, 2.45) is 7.05 Å². The molecule has 0 N–H and O–H groups in total. The lowest BCUT2D eigenvalue weighted by Gasteiger charge is -2.07. The lowest BCUT2D eigenvalue weighted by molar-refractivity contribution is 0.0999. The molecule has 0 spiro atoms. The van der Waals surface area contributed by atoms with Crippen LogP contribution >= 0.6 is 0 Å². The van der Waals surface area contributed by atoms with Crippen LogP contribution < -0.4 is 5.56 Å². The zero-order chi connectivity index (χ0) is 11.9. The SMILES string of the molecule is CC(=O)c1nc2c(C)cccc2c(=O)n1C. The Morgan fingerprint density at radius 2 is 2.06 bits per heavy atom. The van der Waals surface area contributed by atoms with Crippen LogP contribution in [-0.4, -0.2) is 15.3 Å². The molecular formula is C12H12N2O2. The zero-order valence-electron chi connectivity index (χ0n) is 9.44. The van der Waals surface area contributed by atoms with E-state index in [1.54, 1.807) is 13.1 Å². The summed E-state index contributed by atoms with van der Waals surface area (Å²) in [5.41, 5.74) is 1.33. The van der Waals surface area contributed by atoms with Gasteiger partial charge in [0.15, 0.2) is 11.6 Å². The normalized spacial score (nSPS) is 10.7. The van der Waals surface area contributed by atoms with Gasteiger partial charge in [-0.3, -0.25) is 14.2 Å². The zero-order valence-corrected chi connectivity index (χ0v) is 9.44. The van der Waals surface area contributed by atoms with E-state index in [2.05, 4.69) is 4.98 Å². The van der Waals surface area contributed by atoms with Gasteiger partial charge in [0.25, 0.3) is 5.56 Å². The molecule has 0 saturated carbocycles. The molecule has 0 unspecified atom stereocenters. The number of nitrogens with zero attached hydrogens (tertiary/aromatic N) is 2. The highest BCUT2D eigenvalue weighted by Gasteiger charge is 2.12. The summed E-state index contributed by atoms with van der Waals surface area (Å²) in [7, 11) is 1.56. The highest BCUT2D eigenvalue weighted by atomic mass is 16.1. The third-order valence-electron chi connectivity index (χ3n) is 2.62. The molecule has 0 radical (unpaired) electrons. The Balaban J connectivity index is 3.01. The first-order valence-corrected chi connectivity index (χ1v) is 4.99. The Bertz CT molecular complexity index is 641. The third-order valence-corrected chi connectivity index (χ3v) is 2.62. The second-order valence-electron chi connectivity index (χ2n) is 3.83. The van der Waals surface area contributed by atoms with Crippen LogP contribution in [0.25, 0.3) is 10.9 Å². The first-order chi connectivity index (χ1) is 7.52. The van der Waals surface area contributed by atoms with Gasteiger partial charge in [-0.25, -0.2) is 4.98 Å². The summed E-state index contributed by atoms with van der Waals surface area (Å²) in [6.45, 7) is 3.28. The summed E-state index contributed by atoms with van der Waals surface area (Å²) in [4.78, 5) is 27.6. The van der Waals surface area contributed by atoms with Crippen molar-refractivity contribution in [1.29, 1.82) is 0 Å². The molecule has 1 aromatic carbocycles. The van der Waals surface area contributed by atoms with Crippen LogP contribution in [0.3, 0.4) is 0 Å². The molecule has 0 aliphatic heterocycles. The minimum Gasteiger partial charge on any atom is -0.293 e. The fraction of sp³-hybridized carbons (Fsp3) is 0.250. The smallest absolute Gasteiger partial charge is 0.261 e. The van der Waals surface area contributed by atoms with Crippen LogP contribution in [0.5, 0.6) is 0 Å². The fourth-order valence-corrected chi connectivity index (χ4v) is 1.75. The van der Waals surface area contributed by atoms with Gasteiger partial charge in [0.2, 0.25) is 0 Å². The van der Waals surface area contributed by atoms with Gasteiger partial charge >= 0.3 is 0 Å². The van der Waals surface area contributed by atoms with Crippen molar-refractivity contribution < 1.29 is 4.79 Å². The number of para-hydroxylation sites is 1. The maximum Gasteiger partial charge on any atom is 0.261 e. The molecule has 0 bridgehead atoms. The number of Topliss-reactive ketones (excluding diaryl/α,β-unsaturated/α-hetero) is 1. The highest BCUT2D eigenvalue weighted by molar-refractivity contribution is 5.93. The molecule has 4 heteroatoms. The second-order valence-corrected chi connectivity index (χ2v) is 3.83. The fourth-order valence-electron chi connectivity index (χ4n) is 1.75. The number of rotatable bonds is 1. The van der Waals surface area contributed by atoms with Crippen molar-refractivity contribution in [3.05, 3.63) is 39.9 Å². The van der Waals surface area contributed by atoms with Crippen LogP contribution in [-0.2, 0) is 7.05 Å². The summed E-state index contributed by atoms with van der Waals surface area (Å²) in [6, 6.07) is 5.41. The number of carbonyl (C=O) groups is 1. The quantitative estimate of drug-likeness (QED) is 0.678. The van der Waals surface area contributed by atoms with E-state index in [9.17, 15) is 9.59 Å². The first kappa shape index (κ1) is 10.5. The van der Waals surface area contributed by atoms with E-state index in [0.29, 0.717) is 10.9 Å². The number of aromatic nitrogens is 2. The summed E-state index contributed by atoms with van der Waals surface area (Å²) in [5, 5.41) is 0.549. The Labute approximate surface area is 92.5 Å². The average molecular weight is 216 g/mol. The summed E-state index contributed by atoms with van der Waals surface area (Å²) >= 11 is 0. The summed E-state index contributed by atoms with van der Waals surface area (Å²) in [5.74, 6) is -0.00319. The maximum absolute atomic E-state index is 12.0. The minimum absolute atomic E-state index is 0.182. The van der Waals surface area contributed by atoms with Gasteiger partial charge in [0, 0.05) is 14.0 Å². The molecule has 0 saturated heterocycles. The number of aryl methyl sites for hydroxylation is 1. The minimum atomic E-state index is -0.204. The summed E-state index contributed by atoms with van der Waals surface area (Å²) in [6.07, 6.45) is 0. The van der Waals surface area contributed by atoms with Gasteiger partial charge in [-0.15, -0.1) is 0 Å². The number of fused-ring (bicyclic) bond motifs is 1. The Hall–Kier alpha value is -1.97. The lowest BCUT2D eigenvalue weighted by atomic mass is 10.1. The number of carbonyl (C=O) groups excluding carboxylic acids is 1. The average Bonchev–Trinajstić information content (AvgIpc) is 2.23. The van der Waals surface area contributed by atoms with Crippen LogP contribution in [0.2, 0.25) is 0 Å². The van der Waals surface area contributed by atoms with Gasteiger partial charge in [-0.05, 0) is 18.6 Å². The Morgan fingerprint density at radius 3 is 2.69 bits per heavy atom. The van der Waals surface area contributed by atoms with Gasteiger partial charge in [0.1, 0.15) is 0 Å². The standard InChI is InChI=1S/C12H12N2O2/c1-7-5-4-6-9-10(7)13-11(8(2)15)14(3)12(9)16/h4-6H,1-3H3. The topological polar surface area (TPSA) is 52.0 Å².